The zero-order valence-electron chi connectivity index (χ0n) is 16.1. The molecule has 2 aliphatic heterocycles. The van der Waals surface area contributed by atoms with Crippen molar-refractivity contribution in [3.05, 3.63) is 60.2 Å². The molecule has 6 heteroatoms. The van der Waals surface area contributed by atoms with Crippen LogP contribution in [0, 0.1) is 0 Å². The van der Waals surface area contributed by atoms with E-state index in [9.17, 15) is 9.59 Å². The number of rotatable bonds is 5. The minimum atomic E-state index is -0.378. The van der Waals surface area contributed by atoms with E-state index in [4.69, 9.17) is 4.74 Å². The Morgan fingerprint density at radius 2 is 1.61 bits per heavy atom. The fourth-order valence-corrected chi connectivity index (χ4v) is 4.04. The highest BCUT2D eigenvalue weighted by molar-refractivity contribution is 6.23. The van der Waals surface area contributed by atoms with Crippen LogP contribution in [0.15, 0.2) is 54.6 Å². The molecule has 28 heavy (non-hydrogen) atoms. The highest BCUT2D eigenvalue weighted by Crippen LogP contribution is 2.33. The second-order valence-electron chi connectivity index (χ2n) is 7.26. The van der Waals surface area contributed by atoms with Gasteiger partial charge < -0.3 is 4.74 Å². The lowest BCUT2D eigenvalue weighted by molar-refractivity contribution is -0.123. The summed E-state index contributed by atoms with van der Waals surface area (Å²) < 4.78 is 5.34. The zero-order valence-corrected chi connectivity index (χ0v) is 16.1. The lowest BCUT2D eigenvalue weighted by Gasteiger charge is -2.37. The number of imide groups is 1. The molecule has 2 amide bonds. The summed E-state index contributed by atoms with van der Waals surface area (Å²) in [6, 6.07) is 17.2. The molecule has 1 unspecified atom stereocenters. The van der Waals surface area contributed by atoms with E-state index in [-0.39, 0.29) is 24.3 Å². The molecular weight excluding hydrogens is 354 g/mol. The Balaban J connectivity index is 1.41. The summed E-state index contributed by atoms with van der Waals surface area (Å²) in [4.78, 5) is 31.5. The summed E-state index contributed by atoms with van der Waals surface area (Å²) in [7, 11) is 1.55. The van der Waals surface area contributed by atoms with Crippen LogP contribution in [0.1, 0.15) is 12.0 Å². The Hall–Kier alpha value is -2.70. The van der Waals surface area contributed by atoms with Gasteiger partial charge in [0, 0.05) is 32.7 Å². The molecule has 2 aromatic carbocycles. The van der Waals surface area contributed by atoms with Crippen LogP contribution in [-0.2, 0) is 16.1 Å². The molecule has 0 N–H and O–H groups in total. The third kappa shape index (κ3) is 3.66. The Kier molecular flexibility index (Phi) is 5.41. The van der Waals surface area contributed by atoms with Crippen molar-refractivity contribution >= 4 is 17.5 Å². The van der Waals surface area contributed by atoms with E-state index >= 15 is 0 Å². The number of hydrogen-bond acceptors (Lipinski definition) is 5. The highest BCUT2D eigenvalue weighted by Gasteiger charge is 2.44. The standard InChI is InChI=1S/C22H25N3O3/c1-28-20-10-6-5-9-18(20)25-21(26)15-19(22(25)27)24-13-11-23(12-14-24)16-17-7-3-2-4-8-17/h2-10,19H,11-16H2,1H3. The molecule has 0 spiro atoms. The number of methoxy groups -OCH3 is 1. The molecule has 0 aliphatic carbocycles. The van der Waals surface area contributed by atoms with E-state index in [1.54, 1.807) is 19.2 Å². The van der Waals surface area contributed by atoms with Crippen molar-refractivity contribution in [2.24, 2.45) is 0 Å². The van der Waals surface area contributed by atoms with E-state index in [2.05, 4.69) is 34.1 Å². The fourth-order valence-electron chi connectivity index (χ4n) is 4.04. The maximum Gasteiger partial charge on any atom is 0.251 e. The van der Waals surface area contributed by atoms with Gasteiger partial charge in [0.05, 0.1) is 25.3 Å². The van der Waals surface area contributed by atoms with E-state index in [0.29, 0.717) is 11.4 Å². The van der Waals surface area contributed by atoms with E-state index in [0.717, 1.165) is 32.7 Å². The monoisotopic (exact) mass is 379 g/mol. The first-order chi connectivity index (χ1) is 13.7. The van der Waals surface area contributed by atoms with Crippen LogP contribution in [0.2, 0.25) is 0 Å². The molecule has 0 bridgehead atoms. The quantitative estimate of drug-likeness (QED) is 0.745. The van der Waals surface area contributed by atoms with Gasteiger partial charge in [0.1, 0.15) is 5.75 Å². The summed E-state index contributed by atoms with van der Waals surface area (Å²) in [5.41, 5.74) is 1.83. The second-order valence-corrected chi connectivity index (χ2v) is 7.26. The average molecular weight is 379 g/mol. The molecule has 2 aromatic rings. The van der Waals surface area contributed by atoms with Gasteiger partial charge in [-0.2, -0.15) is 0 Å². The molecule has 146 valence electrons. The number of piperazine rings is 1. The predicted octanol–water partition coefficient (Wildman–Crippen LogP) is 2.14. The molecule has 2 heterocycles. The van der Waals surface area contributed by atoms with Crippen LogP contribution in [0.5, 0.6) is 5.75 Å². The molecule has 1 atom stereocenters. The van der Waals surface area contributed by atoms with Gasteiger partial charge in [-0.15, -0.1) is 0 Å². The minimum absolute atomic E-state index is 0.147. The van der Waals surface area contributed by atoms with E-state index in [1.807, 2.05) is 18.2 Å². The Bertz CT molecular complexity index is 847. The van der Waals surface area contributed by atoms with Crippen molar-refractivity contribution in [2.45, 2.75) is 19.0 Å². The smallest absolute Gasteiger partial charge is 0.251 e. The number of anilines is 1. The van der Waals surface area contributed by atoms with Crippen LogP contribution in [-0.4, -0.2) is 60.9 Å². The van der Waals surface area contributed by atoms with Gasteiger partial charge in [0.2, 0.25) is 5.91 Å². The number of amides is 2. The summed E-state index contributed by atoms with van der Waals surface area (Å²) in [6.45, 7) is 4.27. The third-order valence-electron chi connectivity index (χ3n) is 5.55. The van der Waals surface area contributed by atoms with Crippen LogP contribution in [0.4, 0.5) is 5.69 Å². The molecule has 2 fully saturated rings. The molecule has 2 aliphatic rings. The van der Waals surface area contributed by atoms with E-state index < -0.39 is 0 Å². The minimum Gasteiger partial charge on any atom is -0.495 e. The molecule has 2 saturated heterocycles. The topological polar surface area (TPSA) is 53.1 Å². The normalized spacial score (nSPS) is 21.3. The lowest BCUT2D eigenvalue weighted by atomic mass is 10.1. The first-order valence-electron chi connectivity index (χ1n) is 9.67. The van der Waals surface area contributed by atoms with E-state index in [1.165, 1.54) is 10.5 Å². The van der Waals surface area contributed by atoms with Crippen LogP contribution >= 0.6 is 0 Å². The Morgan fingerprint density at radius 1 is 0.929 bits per heavy atom. The Morgan fingerprint density at radius 3 is 2.32 bits per heavy atom. The summed E-state index contributed by atoms with van der Waals surface area (Å²) >= 11 is 0. The largest absolute Gasteiger partial charge is 0.495 e. The predicted molar refractivity (Wildman–Crippen MR) is 107 cm³/mol. The summed E-state index contributed by atoms with van der Waals surface area (Å²) in [5.74, 6) is 0.231. The fraction of sp³-hybridized carbons (Fsp3) is 0.364. The number of benzene rings is 2. The van der Waals surface area contributed by atoms with Gasteiger partial charge in [-0.25, -0.2) is 4.90 Å². The van der Waals surface area contributed by atoms with Gasteiger partial charge in [-0.3, -0.25) is 19.4 Å². The lowest BCUT2D eigenvalue weighted by Crippen LogP contribution is -2.52. The van der Waals surface area contributed by atoms with Crippen molar-refractivity contribution in [1.29, 1.82) is 0 Å². The van der Waals surface area contributed by atoms with Gasteiger partial charge in [0.25, 0.3) is 5.91 Å². The number of para-hydroxylation sites is 2. The number of nitrogens with zero attached hydrogens (tertiary/aromatic N) is 3. The van der Waals surface area contributed by atoms with Gasteiger partial charge in [-0.1, -0.05) is 42.5 Å². The Labute approximate surface area is 165 Å². The van der Waals surface area contributed by atoms with Crippen molar-refractivity contribution in [3.8, 4) is 5.75 Å². The average Bonchev–Trinajstić information content (AvgIpc) is 3.03. The number of ether oxygens (including phenoxy) is 1. The van der Waals surface area contributed by atoms with Crippen molar-refractivity contribution in [1.82, 2.24) is 9.80 Å². The van der Waals surface area contributed by atoms with Crippen molar-refractivity contribution < 1.29 is 14.3 Å². The summed E-state index contributed by atoms with van der Waals surface area (Å²) in [5, 5.41) is 0. The maximum atomic E-state index is 13.1. The summed E-state index contributed by atoms with van der Waals surface area (Å²) in [6.07, 6.45) is 0.232. The molecule has 4 rings (SSSR count). The van der Waals surface area contributed by atoms with Crippen molar-refractivity contribution in [2.75, 3.05) is 38.2 Å². The van der Waals surface area contributed by atoms with Crippen LogP contribution < -0.4 is 9.64 Å². The highest BCUT2D eigenvalue weighted by atomic mass is 16.5. The molecular formula is C22H25N3O3. The molecule has 6 nitrogen and oxygen atoms in total. The third-order valence-corrected chi connectivity index (χ3v) is 5.55. The second kappa shape index (κ2) is 8.12. The number of carbonyl (C=O) groups is 2. The SMILES string of the molecule is COc1ccccc1N1C(=O)CC(N2CCN(Cc3ccccc3)CC2)C1=O. The number of hydrogen-bond donors (Lipinski definition) is 0. The first kappa shape index (κ1) is 18.7. The van der Waals surface area contributed by atoms with Gasteiger partial charge >= 0.3 is 0 Å². The van der Waals surface area contributed by atoms with Gasteiger partial charge in [0.15, 0.2) is 0 Å². The van der Waals surface area contributed by atoms with Crippen LogP contribution in [0.25, 0.3) is 0 Å². The van der Waals surface area contributed by atoms with Crippen LogP contribution in [0.3, 0.4) is 0 Å². The molecule has 0 radical (unpaired) electrons. The van der Waals surface area contributed by atoms with Gasteiger partial charge in [-0.05, 0) is 17.7 Å². The van der Waals surface area contributed by atoms with Crippen molar-refractivity contribution in [3.63, 3.8) is 0 Å². The number of carbonyl (C=O) groups excluding carboxylic acids is 2. The zero-order chi connectivity index (χ0) is 19.5. The molecule has 0 saturated carbocycles. The molecule has 0 aromatic heterocycles. The first-order valence-corrected chi connectivity index (χ1v) is 9.67. The maximum absolute atomic E-state index is 13.1.